The van der Waals surface area contributed by atoms with Crippen molar-refractivity contribution in [3.63, 3.8) is 0 Å². The van der Waals surface area contributed by atoms with Crippen molar-refractivity contribution in [3.8, 4) is 0 Å². The summed E-state index contributed by atoms with van der Waals surface area (Å²) in [5.74, 6) is 0. The van der Waals surface area contributed by atoms with E-state index in [0.29, 0.717) is 12.3 Å². The fourth-order valence-corrected chi connectivity index (χ4v) is 2.93. The van der Waals surface area contributed by atoms with E-state index >= 15 is 0 Å². The van der Waals surface area contributed by atoms with E-state index in [-0.39, 0.29) is 19.6 Å². The van der Waals surface area contributed by atoms with Gasteiger partial charge in [-0.3, -0.25) is 0 Å². The van der Waals surface area contributed by atoms with Gasteiger partial charge in [-0.25, -0.2) is 17.7 Å². The number of hydrogen-bond donors (Lipinski definition) is 1. The van der Waals surface area contributed by atoms with Crippen molar-refractivity contribution in [1.29, 1.82) is 0 Å². The molecule has 1 heterocycles. The topological polar surface area (TPSA) is 70.5 Å². The van der Waals surface area contributed by atoms with Crippen molar-refractivity contribution in [2.24, 2.45) is 0 Å². The van der Waals surface area contributed by atoms with Gasteiger partial charge in [0.05, 0.1) is 5.56 Å². The van der Waals surface area contributed by atoms with Crippen molar-refractivity contribution in [1.82, 2.24) is 9.29 Å². The predicted octanol–water partition coefficient (Wildman–Crippen LogP) is 1.76. The SMILES string of the molecule is CN(CCCO)S(=O)(=O)c1cnc(Cl)cc1C(F)(F)F. The minimum Gasteiger partial charge on any atom is -0.396 e. The van der Waals surface area contributed by atoms with Crippen LogP contribution in [-0.2, 0) is 16.2 Å². The van der Waals surface area contributed by atoms with Gasteiger partial charge in [0.25, 0.3) is 0 Å². The molecular weight excluding hydrogens is 321 g/mol. The first-order valence-electron chi connectivity index (χ1n) is 5.40. The van der Waals surface area contributed by atoms with Crippen LogP contribution < -0.4 is 0 Å². The number of nitrogens with zero attached hydrogens (tertiary/aromatic N) is 2. The zero-order chi connectivity index (χ0) is 15.6. The van der Waals surface area contributed by atoms with Crippen molar-refractivity contribution < 1.29 is 26.7 Å². The summed E-state index contributed by atoms with van der Waals surface area (Å²) in [5, 5.41) is 8.19. The fourth-order valence-electron chi connectivity index (χ4n) is 1.43. The van der Waals surface area contributed by atoms with E-state index in [2.05, 4.69) is 4.98 Å². The smallest absolute Gasteiger partial charge is 0.396 e. The second-order valence-corrected chi connectivity index (χ2v) is 6.31. The molecule has 0 atom stereocenters. The fraction of sp³-hybridized carbons (Fsp3) is 0.500. The molecule has 0 unspecified atom stereocenters. The monoisotopic (exact) mass is 332 g/mol. The summed E-state index contributed by atoms with van der Waals surface area (Å²) in [7, 11) is -3.24. The summed E-state index contributed by atoms with van der Waals surface area (Å²) in [4.78, 5) is 2.43. The van der Waals surface area contributed by atoms with Gasteiger partial charge >= 0.3 is 6.18 Å². The van der Waals surface area contributed by atoms with Crippen LogP contribution in [0.4, 0.5) is 13.2 Å². The Morgan fingerprint density at radius 1 is 1.45 bits per heavy atom. The Labute approximate surface area is 119 Å². The maximum atomic E-state index is 12.9. The van der Waals surface area contributed by atoms with Crippen molar-refractivity contribution in [2.75, 3.05) is 20.2 Å². The molecule has 0 bridgehead atoms. The number of hydrogen-bond acceptors (Lipinski definition) is 4. The maximum Gasteiger partial charge on any atom is 0.417 e. The first kappa shape index (κ1) is 17.2. The Bertz CT molecular complexity index is 578. The van der Waals surface area contributed by atoms with Crippen LogP contribution in [0.5, 0.6) is 0 Å². The van der Waals surface area contributed by atoms with Gasteiger partial charge in [-0.2, -0.15) is 13.2 Å². The zero-order valence-corrected chi connectivity index (χ0v) is 11.9. The lowest BCUT2D eigenvalue weighted by atomic mass is 10.2. The van der Waals surface area contributed by atoms with Crippen molar-refractivity contribution in [3.05, 3.63) is 23.0 Å². The molecular formula is C10H12ClF3N2O3S. The molecule has 0 saturated heterocycles. The lowest BCUT2D eigenvalue weighted by molar-refractivity contribution is -0.140. The van der Waals surface area contributed by atoms with Crippen LogP contribution >= 0.6 is 11.6 Å². The molecule has 1 aromatic heterocycles. The molecule has 5 nitrogen and oxygen atoms in total. The summed E-state index contributed by atoms with van der Waals surface area (Å²) in [5.41, 5.74) is -1.37. The number of aromatic nitrogens is 1. The van der Waals surface area contributed by atoms with Gasteiger partial charge in [-0.15, -0.1) is 0 Å². The van der Waals surface area contributed by atoms with E-state index in [1.165, 1.54) is 0 Å². The van der Waals surface area contributed by atoms with Crippen LogP contribution in [0.2, 0.25) is 5.15 Å². The molecule has 0 aliphatic carbocycles. The molecule has 0 saturated carbocycles. The molecule has 10 heteroatoms. The van der Waals surface area contributed by atoms with Crippen LogP contribution in [0.1, 0.15) is 12.0 Å². The summed E-state index contributed by atoms with van der Waals surface area (Å²) >= 11 is 5.38. The third-order valence-corrected chi connectivity index (χ3v) is 4.55. The largest absolute Gasteiger partial charge is 0.417 e. The molecule has 1 aromatic rings. The van der Waals surface area contributed by atoms with Gasteiger partial charge in [0.15, 0.2) is 0 Å². The second-order valence-electron chi connectivity index (χ2n) is 3.90. The van der Waals surface area contributed by atoms with Gasteiger partial charge in [-0.05, 0) is 12.5 Å². The van der Waals surface area contributed by atoms with Gasteiger partial charge in [0, 0.05) is 26.4 Å². The van der Waals surface area contributed by atoms with Gasteiger partial charge in [0.1, 0.15) is 10.0 Å². The molecule has 1 rings (SSSR count). The number of alkyl halides is 3. The summed E-state index contributed by atoms with van der Waals surface area (Å²) in [6, 6.07) is 0.467. The Morgan fingerprint density at radius 2 is 2.05 bits per heavy atom. The molecule has 0 fully saturated rings. The summed E-state index contributed by atoms with van der Waals surface area (Å²) in [6.45, 7) is -0.385. The van der Waals surface area contributed by atoms with Crippen LogP contribution in [-0.4, -0.2) is 43.0 Å². The maximum absolute atomic E-state index is 12.9. The van der Waals surface area contributed by atoms with E-state index in [1.54, 1.807) is 0 Å². The Balaban J connectivity index is 3.32. The van der Waals surface area contributed by atoms with Crippen molar-refractivity contribution >= 4 is 21.6 Å². The quantitative estimate of drug-likeness (QED) is 0.834. The van der Waals surface area contributed by atoms with E-state index in [4.69, 9.17) is 16.7 Å². The second kappa shape index (κ2) is 6.25. The first-order valence-corrected chi connectivity index (χ1v) is 7.22. The average molecular weight is 333 g/mol. The molecule has 0 spiro atoms. The van der Waals surface area contributed by atoms with E-state index in [9.17, 15) is 21.6 Å². The number of pyridine rings is 1. The molecule has 20 heavy (non-hydrogen) atoms. The Kier molecular flexibility index (Phi) is 5.36. The number of rotatable bonds is 5. The molecule has 1 N–H and O–H groups in total. The highest BCUT2D eigenvalue weighted by atomic mass is 35.5. The molecule has 0 aromatic carbocycles. The molecule has 0 amide bonds. The number of aliphatic hydroxyl groups is 1. The standard InChI is InChI=1S/C10H12ClF3N2O3S/c1-16(3-2-4-17)20(18,19)8-6-15-9(11)5-7(8)10(12,13)14/h5-6,17H,2-4H2,1H3. The van der Waals surface area contributed by atoms with Gasteiger partial charge in [-0.1, -0.05) is 11.6 Å². The predicted molar refractivity (Wildman–Crippen MR) is 65.8 cm³/mol. The highest BCUT2D eigenvalue weighted by molar-refractivity contribution is 7.89. The number of aliphatic hydroxyl groups excluding tert-OH is 1. The molecule has 0 radical (unpaired) electrons. The highest BCUT2D eigenvalue weighted by Crippen LogP contribution is 2.35. The normalized spacial score (nSPS) is 12.9. The number of halogens is 4. The lowest BCUT2D eigenvalue weighted by Gasteiger charge is -2.19. The van der Waals surface area contributed by atoms with Crippen LogP contribution in [0, 0.1) is 0 Å². The minimum absolute atomic E-state index is 0.109. The molecule has 0 aliphatic rings. The number of sulfonamides is 1. The third kappa shape index (κ3) is 3.81. The van der Waals surface area contributed by atoms with Crippen LogP contribution in [0.25, 0.3) is 0 Å². The average Bonchev–Trinajstić information content (AvgIpc) is 2.34. The minimum atomic E-state index is -4.87. The molecule has 0 aliphatic heterocycles. The van der Waals surface area contributed by atoms with Crippen molar-refractivity contribution in [2.45, 2.75) is 17.5 Å². The highest BCUT2D eigenvalue weighted by Gasteiger charge is 2.39. The lowest BCUT2D eigenvalue weighted by Crippen LogP contribution is -2.30. The van der Waals surface area contributed by atoms with Crippen LogP contribution in [0.3, 0.4) is 0 Å². The van der Waals surface area contributed by atoms with Gasteiger partial charge < -0.3 is 5.11 Å². The van der Waals surface area contributed by atoms with Crippen LogP contribution in [0.15, 0.2) is 17.2 Å². The Morgan fingerprint density at radius 3 is 2.55 bits per heavy atom. The summed E-state index contributed by atoms with van der Waals surface area (Å²) < 4.78 is 63.5. The first-order chi connectivity index (χ1) is 9.10. The Hall–Kier alpha value is -0.900. The zero-order valence-electron chi connectivity index (χ0n) is 10.4. The molecule has 114 valence electrons. The van der Waals surface area contributed by atoms with E-state index in [1.807, 2.05) is 0 Å². The van der Waals surface area contributed by atoms with E-state index in [0.717, 1.165) is 11.4 Å². The van der Waals surface area contributed by atoms with Gasteiger partial charge in [0.2, 0.25) is 10.0 Å². The van der Waals surface area contributed by atoms with E-state index < -0.39 is 31.8 Å². The summed E-state index contributed by atoms with van der Waals surface area (Å²) in [6.07, 6.45) is -4.18. The third-order valence-electron chi connectivity index (χ3n) is 2.46.